The maximum Gasteiger partial charge on any atom is 0.330 e. The highest BCUT2D eigenvalue weighted by Gasteiger charge is 2.54. The number of phenols is 1. The van der Waals surface area contributed by atoms with Crippen molar-refractivity contribution in [3.05, 3.63) is 35.8 Å². The van der Waals surface area contributed by atoms with Gasteiger partial charge in [-0.1, -0.05) is 6.07 Å². The van der Waals surface area contributed by atoms with Gasteiger partial charge < -0.3 is 15.5 Å². The summed E-state index contributed by atoms with van der Waals surface area (Å²) in [6.07, 6.45) is 9.50. The van der Waals surface area contributed by atoms with Crippen LogP contribution in [0.5, 0.6) is 5.75 Å². The second-order valence-corrected chi connectivity index (χ2v) is 11.3. The fraction of sp³-hybridized carbons (Fsp3) is 0.591. The predicted octanol–water partition coefficient (Wildman–Crippen LogP) is 2.67. The molecule has 0 aromatic heterocycles. The maximum absolute atomic E-state index is 13.0. The number of nitrogens with one attached hydrogen (secondary N) is 2. The average Bonchev–Trinajstić information content (AvgIpc) is 2.96. The highest BCUT2D eigenvalue weighted by atomic mass is 32.2. The third-order valence-corrected chi connectivity index (χ3v) is 8.74. The molecule has 1 aromatic carbocycles. The first kappa shape index (κ1) is 20.5. The molecular formula is C22H29N3O5S. The summed E-state index contributed by atoms with van der Waals surface area (Å²) in [4.78, 5) is 13.0. The summed E-state index contributed by atoms with van der Waals surface area (Å²) in [5, 5.41) is 22.9. The Hall–Kier alpha value is -2.42. The van der Waals surface area contributed by atoms with Crippen LogP contribution in [0, 0.1) is 23.2 Å². The summed E-state index contributed by atoms with van der Waals surface area (Å²) >= 11 is 0. The molecule has 0 unspecified atom stereocenters. The number of aromatic hydroxyl groups is 1. The van der Waals surface area contributed by atoms with Crippen molar-refractivity contribution in [1.29, 1.82) is 0 Å². The van der Waals surface area contributed by atoms with E-state index >= 15 is 0 Å². The topological polar surface area (TPSA) is 119 Å². The Morgan fingerprint density at radius 1 is 1.13 bits per heavy atom. The summed E-state index contributed by atoms with van der Waals surface area (Å²) in [6, 6.07) is 4.77. The fourth-order valence-corrected chi connectivity index (χ4v) is 7.64. The van der Waals surface area contributed by atoms with Gasteiger partial charge in [-0.15, -0.1) is 0 Å². The molecule has 4 N–H and O–H groups in total. The fourth-order valence-electron chi connectivity index (χ4n) is 6.57. The number of carbonyl (C=O) groups is 1. The third kappa shape index (κ3) is 3.73. The number of anilines is 1. The lowest BCUT2D eigenvalue weighted by Crippen LogP contribution is -2.53. The highest BCUT2D eigenvalue weighted by Crippen LogP contribution is 2.60. The number of hydrogen-bond donors (Lipinski definition) is 4. The quantitative estimate of drug-likeness (QED) is 0.500. The SMILES string of the molecule is O=C(NCCCc1ccc(N2C=C(O)NS2(=O)=O)c(O)c1)C12CC3CC(CC(C3)C1)C2. The van der Waals surface area contributed by atoms with Crippen LogP contribution in [0.3, 0.4) is 0 Å². The monoisotopic (exact) mass is 447 g/mol. The highest BCUT2D eigenvalue weighted by molar-refractivity contribution is 7.91. The van der Waals surface area contributed by atoms with Gasteiger partial charge in [0.15, 0.2) is 0 Å². The second-order valence-electron chi connectivity index (χ2n) is 9.80. The van der Waals surface area contributed by atoms with Gasteiger partial charge in [-0.2, -0.15) is 8.42 Å². The van der Waals surface area contributed by atoms with Crippen LogP contribution in [-0.2, 0) is 21.4 Å². The normalized spacial score (nSPS) is 32.6. The van der Waals surface area contributed by atoms with E-state index in [9.17, 15) is 23.4 Å². The van der Waals surface area contributed by atoms with Gasteiger partial charge >= 0.3 is 10.2 Å². The molecule has 4 aliphatic carbocycles. The molecule has 1 heterocycles. The van der Waals surface area contributed by atoms with E-state index in [0.29, 0.717) is 13.0 Å². The molecule has 6 rings (SSSR count). The minimum Gasteiger partial charge on any atom is -0.506 e. The number of carbonyl (C=O) groups excluding carboxylic acids is 1. The molecule has 1 amide bonds. The molecule has 9 heteroatoms. The molecule has 4 bridgehead atoms. The Morgan fingerprint density at radius 2 is 1.77 bits per heavy atom. The standard InChI is InChI=1S/C22H29N3O5S/c26-19-9-14(3-4-18(19)25-13-20(27)24-31(25,29)30)2-1-5-23-21(28)22-10-15-6-16(11-22)8-17(7-15)12-22/h3-4,9,13,15-17,24,26-27H,1-2,5-8,10-12H2,(H,23,28). The molecular weight excluding hydrogens is 418 g/mol. The minimum absolute atomic E-state index is 0.0652. The van der Waals surface area contributed by atoms with Gasteiger partial charge in [0.25, 0.3) is 0 Å². The van der Waals surface area contributed by atoms with E-state index in [0.717, 1.165) is 59.5 Å². The van der Waals surface area contributed by atoms with Crippen molar-refractivity contribution >= 4 is 21.8 Å². The van der Waals surface area contributed by atoms with E-state index in [2.05, 4.69) is 5.32 Å². The van der Waals surface area contributed by atoms with E-state index < -0.39 is 16.1 Å². The summed E-state index contributed by atoms with van der Waals surface area (Å²) in [6.45, 7) is 0.587. The summed E-state index contributed by atoms with van der Waals surface area (Å²) in [7, 11) is -3.94. The molecule has 4 saturated carbocycles. The zero-order valence-corrected chi connectivity index (χ0v) is 18.2. The van der Waals surface area contributed by atoms with Crippen molar-refractivity contribution in [2.45, 2.75) is 51.4 Å². The van der Waals surface area contributed by atoms with E-state index in [1.807, 2.05) is 4.72 Å². The first-order valence-electron chi connectivity index (χ1n) is 11.1. The Labute approximate surface area is 182 Å². The second kappa shape index (κ2) is 7.32. The molecule has 168 valence electrons. The number of hydrogen-bond acceptors (Lipinski definition) is 5. The number of nitrogens with zero attached hydrogens (tertiary/aromatic N) is 1. The predicted molar refractivity (Wildman–Crippen MR) is 115 cm³/mol. The Balaban J connectivity index is 1.15. The van der Waals surface area contributed by atoms with E-state index in [1.54, 1.807) is 6.07 Å². The van der Waals surface area contributed by atoms with Crippen LogP contribution < -0.4 is 14.3 Å². The number of aliphatic hydroxyl groups is 1. The van der Waals surface area contributed by atoms with Crippen molar-refractivity contribution < 1.29 is 23.4 Å². The van der Waals surface area contributed by atoms with Gasteiger partial charge in [-0.05, 0) is 86.8 Å². The van der Waals surface area contributed by atoms with Crippen molar-refractivity contribution in [2.24, 2.45) is 23.2 Å². The largest absolute Gasteiger partial charge is 0.506 e. The average molecular weight is 448 g/mol. The van der Waals surface area contributed by atoms with Gasteiger partial charge in [-0.3, -0.25) is 4.79 Å². The zero-order valence-electron chi connectivity index (χ0n) is 17.4. The molecule has 31 heavy (non-hydrogen) atoms. The molecule has 1 aliphatic heterocycles. The van der Waals surface area contributed by atoms with Gasteiger partial charge in [0.1, 0.15) is 11.4 Å². The lowest BCUT2D eigenvalue weighted by molar-refractivity contribution is -0.146. The molecule has 0 saturated heterocycles. The molecule has 0 radical (unpaired) electrons. The van der Waals surface area contributed by atoms with Gasteiger partial charge in [0.05, 0.1) is 6.20 Å². The van der Waals surface area contributed by atoms with Crippen molar-refractivity contribution in [2.75, 3.05) is 10.8 Å². The van der Waals surface area contributed by atoms with Crippen LogP contribution in [0.1, 0.15) is 50.5 Å². The van der Waals surface area contributed by atoms with Crippen LogP contribution in [0.4, 0.5) is 5.69 Å². The first-order valence-corrected chi connectivity index (χ1v) is 12.5. The van der Waals surface area contributed by atoms with E-state index in [4.69, 9.17) is 0 Å². The summed E-state index contributed by atoms with van der Waals surface area (Å²) in [5.74, 6) is 1.76. The van der Waals surface area contributed by atoms with Gasteiger partial charge in [0, 0.05) is 12.0 Å². The van der Waals surface area contributed by atoms with Crippen LogP contribution in [0.15, 0.2) is 30.3 Å². The van der Waals surface area contributed by atoms with Crippen LogP contribution in [-0.4, -0.2) is 31.1 Å². The molecule has 4 fully saturated rings. The number of phenolic OH excluding ortho intramolecular Hbond substituents is 1. The number of amides is 1. The van der Waals surface area contributed by atoms with Crippen LogP contribution in [0.2, 0.25) is 0 Å². The van der Waals surface area contributed by atoms with Crippen molar-refractivity contribution in [1.82, 2.24) is 10.0 Å². The maximum atomic E-state index is 13.0. The van der Waals surface area contributed by atoms with Crippen LogP contribution in [0.25, 0.3) is 0 Å². The molecule has 8 nitrogen and oxygen atoms in total. The third-order valence-electron chi connectivity index (χ3n) is 7.46. The Kier molecular flexibility index (Phi) is 4.84. The summed E-state index contributed by atoms with van der Waals surface area (Å²) in [5.41, 5.74) is 0.779. The Bertz CT molecular complexity index is 1000. The van der Waals surface area contributed by atoms with Crippen molar-refractivity contribution in [3.8, 4) is 5.75 Å². The number of benzene rings is 1. The number of rotatable bonds is 6. The molecule has 0 atom stereocenters. The van der Waals surface area contributed by atoms with Crippen LogP contribution >= 0.6 is 0 Å². The molecule has 1 aromatic rings. The smallest absolute Gasteiger partial charge is 0.330 e. The lowest BCUT2D eigenvalue weighted by Gasteiger charge is -2.55. The van der Waals surface area contributed by atoms with Gasteiger partial charge in [0.2, 0.25) is 11.8 Å². The number of aryl methyl sites for hydroxylation is 1. The summed E-state index contributed by atoms with van der Waals surface area (Å²) < 4.78 is 26.7. The number of aliphatic hydroxyl groups excluding tert-OH is 1. The van der Waals surface area contributed by atoms with E-state index in [1.165, 1.54) is 31.4 Å². The lowest BCUT2D eigenvalue weighted by atomic mass is 9.49. The molecule has 0 spiro atoms. The van der Waals surface area contributed by atoms with Crippen molar-refractivity contribution in [3.63, 3.8) is 0 Å². The Morgan fingerprint density at radius 3 is 2.32 bits per heavy atom. The zero-order chi connectivity index (χ0) is 21.8. The minimum atomic E-state index is -3.94. The first-order chi connectivity index (χ1) is 14.7. The van der Waals surface area contributed by atoms with Gasteiger partial charge in [-0.25, -0.2) is 9.03 Å². The van der Waals surface area contributed by atoms with E-state index in [-0.39, 0.29) is 22.8 Å². The molecule has 5 aliphatic rings.